The van der Waals surface area contributed by atoms with Crippen molar-refractivity contribution in [1.29, 1.82) is 0 Å². The lowest BCUT2D eigenvalue weighted by Crippen LogP contribution is -2.33. The molecule has 2 heterocycles. The average Bonchev–Trinajstić information content (AvgIpc) is 3.14. The molecule has 0 radical (unpaired) electrons. The van der Waals surface area contributed by atoms with Crippen LogP contribution in [0, 0.1) is 0 Å². The Labute approximate surface area is 164 Å². The lowest BCUT2D eigenvalue weighted by molar-refractivity contribution is -0.145. The first-order chi connectivity index (χ1) is 13.5. The van der Waals surface area contributed by atoms with Crippen molar-refractivity contribution < 1.29 is 33.3 Å². The molecule has 1 unspecified atom stereocenters. The number of carbonyl (C=O) groups excluding carboxylic acids is 2. The number of carbonyl (C=O) groups is 2. The average molecular weight is 393 g/mol. The Kier molecular flexibility index (Phi) is 7.14. The molecule has 1 aromatic carbocycles. The minimum Gasteiger partial charge on any atom is -0.377 e. The summed E-state index contributed by atoms with van der Waals surface area (Å²) in [4.78, 5) is 25.6. The number of imide groups is 1. The SMILES string of the molecule is CC1(C)OCC(COCCOCCOCCN2C(=O)c3ccccc3C2=O)O1. The van der Waals surface area contributed by atoms with Gasteiger partial charge in [0.25, 0.3) is 11.8 Å². The van der Waals surface area contributed by atoms with Crippen LogP contribution in [0.3, 0.4) is 0 Å². The van der Waals surface area contributed by atoms with Crippen LogP contribution in [0.15, 0.2) is 24.3 Å². The van der Waals surface area contributed by atoms with Gasteiger partial charge in [0.1, 0.15) is 6.10 Å². The van der Waals surface area contributed by atoms with E-state index in [0.717, 1.165) is 0 Å². The van der Waals surface area contributed by atoms with Gasteiger partial charge in [-0.3, -0.25) is 14.5 Å². The van der Waals surface area contributed by atoms with Crippen LogP contribution in [0.4, 0.5) is 0 Å². The molecule has 28 heavy (non-hydrogen) atoms. The molecule has 0 bridgehead atoms. The maximum Gasteiger partial charge on any atom is 0.261 e. The van der Waals surface area contributed by atoms with E-state index in [9.17, 15) is 9.59 Å². The zero-order chi connectivity index (χ0) is 20.0. The fourth-order valence-electron chi connectivity index (χ4n) is 3.10. The lowest BCUT2D eigenvalue weighted by atomic mass is 10.1. The number of benzene rings is 1. The van der Waals surface area contributed by atoms with Gasteiger partial charge < -0.3 is 23.7 Å². The third-order valence-corrected chi connectivity index (χ3v) is 4.45. The van der Waals surface area contributed by atoms with Gasteiger partial charge in [-0.2, -0.15) is 0 Å². The summed E-state index contributed by atoms with van der Waals surface area (Å²) in [5.74, 6) is -1.06. The van der Waals surface area contributed by atoms with Crippen molar-refractivity contribution in [1.82, 2.24) is 4.90 Å². The van der Waals surface area contributed by atoms with Crippen LogP contribution in [0.5, 0.6) is 0 Å². The van der Waals surface area contributed by atoms with Crippen molar-refractivity contribution in [3.63, 3.8) is 0 Å². The number of amides is 2. The minimum absolute atomic E-state index is 0.0412. The van der Waals surface area contributed by atoms with Crippen LogP contribution >= 0.6 is 0 Å². The topological polar surface area (TPSA) is 83.5 Å². The van der Waals surface area contributed by atoms with E-state index in [0.29, 0.717) is 50.8 Å². The molecule has 0 aromatic heterocycles. The summed E-state index contributed by atoms with van der Waals surface area (Å²) in [6.45, 7) is 7.01. The van der Waals surface area contributed by atoms with Gasteiger partial charge in [-0.05, 0) is 26.0 Å². The predicted molar refractivity (Wildman–Crippen MR) is 99.2 cm³/mol. The van der Waals surface area contributed by atoms with Crippen molar-refractivity contribution >= 4 is 11.8 Å². The van der Waals surface area contributed by atoms with Gasteiger partial charge in [0.2, 0.25) is 0 Å². The van der Waals surface area contributed by atoms with E-state index >= 15 is 0 Å². The first-order valence-electron chi connectivity index (χ1n) is 9.48. The minimum atomic E-state index is -0.533. The van der Waals surface area contributed by atoms with Gasteiger partial charge in [-0.15, -0.1) is 0 Å². The van der Waals surface area contributed by atoms with Crippen molar-refractivity contribution in [2.24, 2.45) is 0 Å². The molecule has 3 rings (SSSR count). The lowest BCUT2D eigenvalue weighted by Gasteiger charge is -2.17. The molecule has 0 aliphatic carbocycles. The molecular formula is C20H27NO7. The van der Waals surface area contributed by atoms with Crippen molar-refractivity contribution in [3.05, 3.63) is 35.4 Å². The molecule has 2 aliphatic rings. The molecule has 2 aliphatic heterocycles. The summed E-state index contributed by atoms with van der Waals surface area (Å²) in [5, 5.41) is 0. The van der Waals surface area contributed by atoms with Crippen LogP contribution in [-0.4, -0.2) is 81.4 Å². The highest BCUT2D eigenvalue weighted by atomic mass is 16.7. The van der Waals surface area contributed by atoms with Crippen molar-refractivity contribution in [3.8, 4) is 0 Å². The first-order valence-corrected chi connectivity index (χ1v) is 9.48. The zero-order valence-corrected chi connectivity index (χ0v) is 16.3. The van der Waals surface area contributed by atoms with Crippen LogP contribution in [0.25, 0.3) is 0 Å². The van der Waals surface area contributed by atoms with Gasteiger partial charge in [-0.1, -0.05) is 12.1 Å². The Hall–Kier alpha value is -1.84. The van der Waals surface area contributed by atoms with Gasteiger partial charge >= 0.3 is 0 Å². The highest BCUT2D eigenvalue weighted by molar-refractivity contribution is 6.21. The molecule has 1 aromatic rings. The monoisotopic (exact) mass is 393 g/mol. The van der Waals surface area contributed by atoms with Gasteiger partial charge in [-0.25, -0.2) is 0 Å². The Balaban J connectivity index is 1.18. The molecule has 0 saturated carbocycles. The number of hydrogen-bond donors (Lipinski definition) is 0. The molecule has 0 spiro atoms. The molecule has 1 saturated heterocycles. The molecule has 1 atom stereocenters. The molecule has 2 amide bonds. The van der Waals surface area contributed by atoms with Crippen LogP contribution < -0.4 is 0 Å². The highest BCUT2D eigenvalue weighted by Gasteiger charge is 2.34. The summed E-state index contributed by atoms with van der Waals surface area (Å²) >= 11 is 0. The number of fused-ring (bicyclic) bond motifs is 1. The summed E-state index contributed by atoms with van der Waals surface area (Å²) in [6, 6.07) is 6.83. The Morgan fingerprint density at radius 2 is 1.54 bits per heavy atom. The normalized spacial score (nSPS) is 20.8. The molecule has 0 N–H and O–H groups in total. The molecular weight excluding hydrogens is 366 g/mol. The van der Waals surface area contributed by atoms with Gasteiger partial charge in [0.15, 0.2) is 5.79 Å². The van der Waals surface area contributed by atoms with E-state index in [-0.39, 0.29) is 31.1 Å². The highest BCUT2D eigenvalue weighted by Crippen LogP contribution is 2.22. The summed E-state index contributed by atoms with van der Waals surface area (Å²) in [6.07, 6.45) is -0.0412. The number of nitrogens with zero attached hydrogens (tertiary/aromatic N) is 1. The quantitative estimate of drug-likeness (QED) is 0.416. The number of hydrogen-bond acceptors (Lipinski definition) is 7. The number of rotatable bonds is 11. The van der Waals surface area contributed by atoms with Gasteiger partial charge in [0.05, 0.1) is 63.9 Å². The van der Waals surface area contributed by atoms with Crippen LogP contribution in [0.2, 0.25) is 0 Å². The third-order valence-electron chi connectivity index (χ3n) is 4.45. The second-order valence-electron chi connectivity index (χ2n) is 7.06. The van der Waals surface area contributed by atoms with Crippen molar-refractivity contribution in [2.45, 2.75) is 25.7 Å². The first kappa shape index (κ1) is 20.9. The van der Waals surface area contributed by atoms with Crippen molar-refractivity contribution in [2.75, 3.05) is 52.8 Å². The van der Waals surface area contributed by atoms with E-state index in [1.165, 1.54) is 4.90 Å². The second-order valence-corrected chi connectivity index (χ2v) is 7.06. The maximum absolute atomic E-state index is 12.2. The third kappa shape index (κ3) is 5.36. The summed E-state index contributed by atoms with van der Waals surface area (Å²) in [5.41, 5.74) is 0.905. The maximum atomic E-state index is 12.2. The van der Waals surface area contributed by atoms with Crippen LogP contribution in [-0.2, 0) is 23.7 Å². The zero-order valence-electron chi connectivity index (χ0n) is 16.3. The largest absolute Gasteiger partial charge is 0.377 e. The smallest absolute Gasteiger partial charge is 0.261 e. The standard InChI is InChI=1S/C20H27NO7/c1-20(2)27-14-15(28-20)13-26-12-11-25-10-9-24-8-7-21-18(22)16-5-3-4-6-17(16)19(21)23/h3-6,15H,7-14H2,1-2H3. The molecule has 8 heteroatoms. The van der Waals surface area contributed by atoms with E-state index in [1.54, 1.807) is 24.3 Å². The summed E-state index contributed by atoms with van der Waals surface area (Å²) in [7, 11) is 0. The second kappa shape index (κ2) is 9.58. The van der Waals surface area contributed by atoms with E-state index in [1.807, 2.05) is 13.8 Å². The van der Waals surface area contributed by atoms with E-state index in [2.05, 4.69) is 0 Å². The molecule has 154 valence electrons. The van der Waals surface area contributed by atoms with Gasteiger partial charge in [0, 0.05) is 0 Å². The van der Waals surface area contributed by atoms with E-state index in [4.69, 9.17) is 23.7 Å². The van der Waals surface area contributed by atoms with E-state index < -0.39 is 5.79 Å². The van der Waals surface area contributed by atoms with Crippen LogP contribution in [0.1, 0.15) is 34.6 Å². The summed E-state index contributed by atoms with van der Waals surface area (Å²) < 4.78 is 27.5. The fraction of sp³-hybridized carbons (Fsp3) is 0.600. The number of ether oxygens (including phenoxy) is 5. The molecule has 8 nitrogen and oxygen atoms in total. The molecule has 1 fully saturated rings. The Bertz CT molecular complexity index is 656. The fourth-order valence-corrected chi connectivity index (χ4v) is 3.10. The Morgan fingerprint density at radius 3 is 2.11 bits per heavy atom. The predicted octanol–water partition coefficient (Wildman–Crippen LogP) is 1.48. The Morgan fingerprint density at radius 1 is 0.964 bits per heavy atom.